The molecule has 0 aliphatic heterocycles. The number of nitrogens with one attached hydrogen (secondary N) is 2. The summed E-state index contributed by atoms with van der Waals surface area (Å²) in [6, 6.07) is 16.4. The minimum Gasteiger partial charge on any atom is -0.347 e. The number of benzene rings is 2. The van der Waals surface area contributed by atoms with Gasteiger partial charge >= 0.3 is 0 Å². The number of amides is 2. The molecule has 6 heteroatoms. The number of aromatic nitrogens is 1. The molecule has 3 rings (SSSR count). The molecule has 5 nitrogen and oxygen atoms in total. The van der Waals surface area contributed by atoms with Gasteiger partial charge < -0.3 is 10.6 Å². The standard InChI is InChI=1S/C23H22FN3O2/c1-3-17-7-4-6-15(2)21(17)27-23(29)20-9-5-8-19(26-20)22(28)25-14-16-10-12-18(24)13-11-16/h4-13H,3,14H2,1-2H3,(H,25,28)(H,27,29). The van der Waals surface area contributed by atoms with Gasteiger partial charge in [-0.15, -0.1) is 0 Å². The summed E-state index contributed by atoms with van der Waals surface area (Å²) < 4.78 is 13.0. The third-order valence-corrected chi connectivity index (χ3v) is 4.56. The Kier molecular flexibility index (Phi) is 6.34. The summed E-state index contributed by atoms with van der Waals surface area (Å²) in [6.07, 6.45) is 0.788. The summed E-state index contributed by atoms with van der Waals surface area (Å²) in [6.45, 7) is 4.19. The topological polar surface area (TPSA) is 71.1 Å². The fourth-order valence-corrected chi connectivity index (χ4v) is 2.94. The molecule has 2 amide bonds. The van der Waals surface area contributed by atoms with Crippen LogP contribution >= 0.6 is 0 Å². The second-order valence-electron chi connectivity index (χ2n) is 6.63. The van der Waals surface area contributed by atoms with E-state index < -0.39 is 5.91 Å². The third kappa shape index (κ3) is 5.04. The largest absolute Gasteiger partial charge is 0.347 e. The maximum Gasteiger partial charge on any atom is 0.274 e. The first-order valence-electron chi connectivity index (χ1n) is 9.37. The second-order valence-corrected chi connectivity index (χ2v) is 6.63. The molecule has 0 fully saturated rings. The predicted octanol–water partition coefficient (Wildman–Crippen LogP) is 4.27. The zero-order chi connectivity index (χ0) is 20.8. The molecule has 0 unspecified atom stereocenters. The average Bonchev–Trinajstić information content (AvgIpc) is 2.74. The van der Waals surface area contributed by atoms with E-state index in [1.165, 1.54) is 12.1 Å². The van der Waals surface area contributed by atoms with Crippen molar-refractivity contribution in [3.63, 3.8) is 0 Å². The number of nitrogens with zero attached hydrogens (tertiary/aromatic N) is 1. The number of para-hydroxylation sites is 1. The van der Waals surface area contributed by atoms with Crippen LogP contribution in [0.4, 0.5) is 10.1 Å². The molecule has 0 aliphatic carbocycles. The van der Waals surface area contributed by atoms with E-state index in [1.54, 1.807) is 30.3 Å². The minimum absolute atomic E-state index is 0.139. The lowest BCUT2D eigenvalue weighted by atomic mass is 10.1. The van der Waals surface area contributed by atoms with Crippen molar-refractivity contribution in [3.05, 3.63) is 94.6 Å². The monoisotopic (exact) mass is 391 g/mol. The Morgan fingerprint density at radius 1 is 0.931 bits per heavy atom. The Morgan fingerprint density at radius 3 is 2.28 bits per heavy atom. The van der Waals surface area contributed by atoms with Gasteiger partial charge in [-0.05, 0) is 54.3 Å². The maximum absolute atomic E-state index is 13.0. The fraction of sp³-hybridized carbons (Fsp3) is 0.174. The van der Waals surface area contributed by atoms with Gasteiger partial charge in [0.15, 0.2) is 0 Å². The fourth-order valence-electron chi connectivity index (χ4n) is 2.94. The zero-order valence-electron chi connectivity index (χ0n) is 16.3. The predicted molar refractivity (Wildman–Crippen MR) is 110 cm³/mol. The number of rotatable bonds is 6. The van der Waals surface area contributed by atoms with Gasteiger partial charge in [-0.3, -0.25) is 9.59 Å². The summed E-state index contributed by atoms with van der Waals surface area (Å²) >= 11 is 0. The number of carbonyl (C=O) groups excluding carboxylic acids is 2. The van der Waals surface area contributed by atoms with Gasteiger partial charge in [-0.25, -0.2) is 9.37 Å². The highest BCUT2D eigenvalue weighted by atomic mass is 19.1. The first-order chi connectivity index (χ1) is 14.0. The van der Waals surface area contributed by atoms with Crippen LogP contribution in [0.25, 0.3) is 0 Å². The van der Waals surface area contributed by atoms with Crippen LogP contribution in [0.2, 0.25) is 0 Å². The van der Waals surface area contributed by atoms with E-state index in [0.717, 1.165) is 28.8 Å². The van der Waals surface area contributed by atoms with Crippen LogP contribution < -0.4 is 10.6 Å². The third-order valence-electron chi connectivity index (χ3n) is 4.56. The van der Waals surface area contributed by atoms with E-state index in [9.17, 15) is 14.0 Å². The Bertz CT molecular complexity index is 1030. The lowest BCUT2D eigenvalue weighted by Crippen LogP contribution is -2.25. The SMILES string of the molecule is CCc1cccc(C)c1NC(=O)c1cccc(C(=O)NCc2ccc(F)cc2)n1. The van der Waals surface area contributed by atoms with Crippen molar-refractivity contribution >= 4 is 17.5 Å². The van der Waals surface area contributed by atoms with Crippen molar-refractivity contribution in [2.24, 2.45) is 0 Å². The average molecular weight is 391 g/mol. The zero-order valence-corrected chi connectivity index (χ0v) is 16.3. The summed E-state index contributed by atoms with van der Waals surface area (Å²) in [5.74, 6) is -1.11. The molecule has 0 aliphatic rings. The van der Waals surface area contributed by atoms with E-state index in [2.05, 4.69) is 15.6 Å². The van der Waals surface area contributed by atoms with Crippen LogP contribution in [0.1, 0.15) is 44.6 Å². The van der Waals surface area contributed by atoms with Gasteiger partial charge in [0.05, 0.1) is 0 Å². The van der Waals surface area contributed by atoms with E-state index in [1.807, 2.05) is 32.0 Å². The lowest BCUT2D eigenvalue weighted by molar-refractivity contribution is 0.0945. The van der Waals surface area contributed by atoms with Crippen LogP contribution in [0.15, 0.2) is 60.7 Å². The van der Waals surface area contributed by atoms with E-state index >= 15 is 0 Å². The van der Waals surface area contributed by atoms with Crippen molar-refractivity contribution in [1.29, 1.82) is 0 Å². The van der Waals surface area contributed by atoms with Gasteiger partial charge in [-0.2, -0.15) is 0 Å². The quantitative estimate of drug-likeness (QED) is 0.659. The van der Waals surface area contributed by atoms with E-state index in [4.69, 9.17) is 0 Å². The van der Waals surface area contributed by atoms with Gasteiger partial charge in [0, 0.05) is 12.2 Å². The molecule has 3 aromatic rings. The smallest absolute Gasteiger partial charge is 0.274 e. The molecule has 2 aromatic carbocycles. The number of aryl methyl sites for hydroxylation is 2. The number of pyridine rings is 1. The van der Waals surface area contributed by atoms with Gasteiger partial charge in [0.25, 0.3) is 11.8 Å². The first-order valence-corrected chi connectivity index (χ1v) is 9.37. The van der Waals surface area contributed by atoms with Crippen LogP contribution in [0.3, 0.4) is 0 Å². The normalized spacial score (nSPS) is 10.4. The van der Waals surface area contributed by atoms with Gasteiger partial charge in [0.2, 0.25) is 0 Å². The molecule has 148 valence electrons. The molecular weight excluding hydrogens is 369 g/mol. The maximum atomic E-state index is 13.0. The minimum atomic E-state index is -0.408. The molecule has 0 spiro atoms. The molecule has 0 atom stereocenters. The lowest BCUT2D eigenvalue weighted by Gasteiger charge is -2.13. The molecule has 0 saturated heterocycles. The molecule has 0 saturated carbocycles. The van der Waals surface area contributed by atoms with Crippen LogP contribution in [-0.2, 0) is 13.0 Å². The van der Waals surface area contributed by atoms with Crippen LogP contribution in [0.5, 0.6) is 0 Å². The second kappa shape index (κ2) is 9.10. The van der Waals surface area contributed by atoms with Gasteiger partial charge in [-0.1, -0.05) is 43.3 Å². The molecule has 29 heavy (non-hydrogen) atoms. The van der Waals surface area contributed by atoms with Crippen LogP contribution in [-0.4, -0.2) is 16.8 Å². The molecule has 1 heterocycles. The molecule has 0 bridgehead atoms. The number of hydrogen-bond acceptors (Lipinski definition) is 3. The van der Waals surface area contributed by atoms with Crippen molar-refractivity contribution in [1.82, 2.24) is 10.3 Å². The Hall–Kier alpha value is -3.54. The summed E-state index contributed by atoms with van der Waals surface area (Å²) in [7, 11) is 0. The van der Waals surface area contributed by atoms with Crippen molar-refractivity contribution in [3.8, 4) is 0 Å². The van der Waals surface area contributed by atoms with Crippen molar-refractivity contribution in [2.75, 3.05) is 5.32 Å². The number of halogens is 1. The number of anilines is 1. The molecule has 1 aromatic heterocycles. The highest BCUT2D eigenvalue weighted by Gasteiger charge is 2.14. The Balaban J connectivity index is 1.71. The number of hydrogen-bond donors (Lipinski definition) is 2. The molecule has 2 N–H and O–H groups in total. The summed E-state index contributed by atoms with van der Waals surface area (Å²) in [4.78, 5) is 29.3. The van der Waals surface area contributed by atoms with E-state index in [0.29, 0.717) is 0 Å². The van der Waals surface area contributed by atoms with Gasteiger partial charge in [0.1, 0.15) is 17.2 Å². The molecule has 0 radical (unpaired) electrons. The van der Waals surface area contributed by atoms with Crippen LogP contribution in [0, 0.1) is 12.7 Å². The summed E-state index contributed by atoms with van der Waals surface area (Å²) in [5.41, 5.74) is 3.83. The molecular formula is C23H22FN3O2. The first kappa shape index (κ1) is 20.2. The van der Waals surface area contributed by atoms with Crippen molar-refractivity contribution < 1.29 is 14.0 Å². The highest BCUT2D eigenvalue weighted by Crippen LogP contribution is 2.21. The van der Waals surface area contributed by atoms with E-state index in [-0.39, 0.29) is 29.7 Å². The Labute approximate surface area is 169 Å². The number of carbonyl (C=O) groups is 2. The summed E-state index contributed by atoms with van der Waals surface area (Å²) in [5, 5.41) is 5.63. The Morgan fingerprint density at radius 2 is 1.59 bits per heavy atom. The highest BCUT2D eigenvalue weighted by molar-refractivity contribution is 6.04. The van der Waals surface area contributed by atoms with Crippen molar-refractivity contribution in [2.45, 2.75) is 26.8 Å².